The summed E-state index contributed by atoms with van der Waals surface area (Å²) < 4.78 is 61.9. The molecule has 0 aromatic heterocycles. The first-order valence-corrected chi connectivity index (χ1v) is 40.9. The number of ketones is 4. The third-order valence-corrected chi connectivity index (χ3v) is 24.7. The van der Waals surface area contributed by atoms with Crippen molar-refractivity contribution in [2.24, 2.45) is 94.7 Å². The molecule has 0 unspecified atom stereocenters. The SMILES string of the molecule is CC.CCO[C@H]1[C@@H](C)C[C@@H](C)C(=O)/C=C/[C@](C)(O)[C@@H](CC)OC(=O)[C@@H]1C.CC[C@H]1OC(=O)[C@H](C)[C@@H](OC)[C@H](C)[C@@H](OC)[C@](C)(O)C[C@@H](C)C(=O)[C@H](C)[C@@H](O)[C@]1(C)O.CO[C@@H]1[C@@H](C)[C@H](O)[C@@H](C)C(=O)O[C@H](C)[C@@](C)(O)/C=C/C(=O)[C@H](C)C[C@@H]1C.CO[C@@H]1[C@@H](C)[C@H](OC)[C@@H](C)C(=O)O[C@H](C)[C@H](C)[C@H](O)[C@@H](C)C(=O)[C@]2(CO2)C[C@@H]1C. The van der Waals surface area contributed by atoms with Crippen molar-refractivity contribution < 1.29 is 126 Å². The number of esters is 4. The van der Waals surface area contributed by atoms with Crippen LogP contribution < -0.4 is 0 Å². The summed E-state index contributed by atoms with van der Waals surface area (Å²) >= 11 is 0. The van der Waals surface area contributed by atoms with Gasteiger partial charge in [0.15, 0.2) is 23.0 Å². The number of methoxy groups -OCH3 is 5. The van der Waals surface area contributed by atoms with Crippen LogP contribution in [0.25, 0.3) is 0 Å². The Bertz CT molecular complexity index is 2970. The van der Waals surface area contributed by atoms with Crippen molar-refractivity contribution in [3.63, 3.8) is 0 Å². The van der Waals surface area contributed by atoms with E-state index < -0.39 is 154 Å². The summed E-state index contributed by atoms with van der Waals surface area (Å²) in [4.78, 5) is 102. The van der Waals surface area contributed by atoms with E-state index >= 15 is 0 Å². The van der Waals surface area contributed by atoms with Gasteiger partial charge in [-0.3, -0.25) is 38.4 Å². The summed E-state index contributed by atoms with van der Waals surface area (Å²) in [6.07, 6.45) is -1.03. The Kier molecular flexibility index (Phi) is 43.9. The van der Waals surface area contributed by atoms with Crippen LogP contribution in [-0.4, -0.2) is 239 Å². The van der Waals surface area contributed by atoms with Gasteiger partial charge in [-0.1, -0.05) is 111 Å². The molecule has 0 aromatic rings. The second kappa shape index (κ2) is 46.6. The predicted octanol–water partition coefficient (Wildman–Crippen LogP) is 10.00. The van der Waals surface area contributed by atoms with Gasteiger partial charge in [-0.2, -0.15) is 0 Å². The molecule has 5 aliphatic heterocycles. The topological polar surface area (TPSA) is 383 Å². The number of aliphatic hydroxyl groups excluding tert-OH is 3. The minimum atomic E-state index is -1.84. The van der Waals surface area contributed by atoms with Crippen molar-refractivity contribution in [3.05, 3.63) is 24.3 Å². The van der Waals surface area contributed by atoms with Crippen molar-refractivity contribution in [2.45, 2.75) is 333 Å². The molecule has 26 nitrogen and oxygen atoms in total. The first-order valence-electron chi connectivity index (χ1n) is 40.9. The van der Waals surface area contributed by atoms with Gasteiger partial charge >= 0.3 is 23.9 Å². The maximum atomic E-state index is 13.2. The molecule has 1 spiro atoms. The van der Waals surface area contributed by atoms with Crippen LogP contribution in [0.4, 0.5) is 0 Å². The molecular weight excluding hydrogens is 1450 g/mol. The van der Waals surface area contributed by atoms with Gasteiger partial charge < -0.3 is 87.9 Å². The number of allylic oxidation sites excluding steroid dienone is 2. The van der Waals surface area contributed by atoms with Crippen molar-refractivity contribution in [1.82, 2.24) is 0 Å². The van der Waals surface area contributed by atoms with E-state index in [-0.39, 0.29) is 108 Å². The van der Waals surface area contributed by atoms with E-state index in [4.69, 9.17) is 52.1 Å². The molecule has 3 fully saturated rings. The number of carbonyl (C=O) groups is 8. The maximum Gasteiger partial charge on any atom is 0.311 e. The molecule has 34 atom stereocenters. The van der Waals surface area contributed by atoms with Crippen LogP contribution in [0.3, 0.4) is 0 Å². The second-order valence-corrected chi connectivity index (χ2v) is 33.9. The number of ether oxygens (including phenoxy) is 11. The van der Waals surface area contributed by atoms with Gasteiger partial charge in [0.05, 0.1) is 90.8 Å². The molecule has 0 aliphatic carbocycles. The van der Waals surface area contributed by atoms with Crippen molar-refractivity contribution in [2.75, 3.05) is 48.8 Å². The van der Waals surface area contributed by atoms with Gasteiger partial charge in [0.25, 0.3) is 0 Å². The summed E-state index contributed by atoms with van der Waals surface area (Å²) in [5.74, 6) is -8.76. The first kappa shape index (κ1) is 105. The molecule has 5 rings (SSSR count). The van der Waals surface area contributed by atoms with Crippen molar-refractivity contribution >= 4 is 47.0 Å². The Morgan fingerprint density at radius 3 is 1.28 bits per heavy atom. The van der Waals surface area contributed by atoms with Crippen LogP contribution >= 0.6 is 0 Å². The zero-order chi connectivity index (χ0) is 87.1. The maximum absolute atomic E-state index is 13.2. The molecule has 5 heterocycles. The number of hydrogen-bond donors (Lipinski definition) is 7. The van der Waals surface area contributed by atoms with Crippen molar-refractivity contribution in [3.8, 4) is 0 Å². The lowest BCUT2D eigenvalue weighted by molar-refractivity contribution is -0.198. The number of aliphatic hydroxyl groups is 7. The van der Waals surface area contributed by atoms with E-state index in [1.165, 1.54) is 59.3 Å². The van der Waals surface area contributed by atoms with Gasteiger partial charge in [-0.15, -0.1) is 0 Å². The predicted molar refractivity (Wildman–Crippen MR) is 425 cm³/mol. The van der Waals surface area contributed by atoms with E-state index in [1.807, 2.05) is 83.1 Å². The standard InChI is InChI=1S/C23H42O8.C22H38O7.C20H34O6.C19H32O5.C2H6/c1-10-16-23(7,28)19(25)13(3)17(24)12(2)11-22(6,27)20(30-9)14(4)18(29-8)15(5)21(26)31-16;1-11-9-22(10-28-22)20(24)13(3)17(23)12(2)16(6)29-21(25)15(5)19(27-8)14(4)18(11)26-7;1-11-10-12(2)18(25-7)13(3)17(22)14(4)19(23)26-15(5)20(6,24)9-8-16(11)21;1-7-16-19(6,22)10-9-15(20)12(3)11-13(4)17(23-8-2)14(5)18(21)24-16;1-2/h12-16,18-20,25,27-28H,10-11H2,1-9H3;11-19,23H,9-10H2,1-8H3;8-9,11-15,17-18,22,24H,10H2,1-7H3;9-10,12-14,16-17,22H,7-8,11H2,1-6H3;1-2H3/b;;9-8+;10-9+;/t12-,13+,14+,15-,16-,18+,19-,20-,22-,23-;11-,12-,13+,14+,15+,16+,17-,18-,19-,22+;11-,12+,13+,14-,15-,17+,18+,20+;12-,13+,14-,16-,17+,19+;/m1011./s1. The third kappa shape index (κ3) is 27.8. The van der Waals surface area contributed by atoms with Gasteiger partial charge in [0.1, 0.15) is 47.0 Å². The van der Waals surface area contributed by atoms with E-state index in [0.29, 0.717) is 38.9 Å². The lowest BCUT2D eigenvalue weighted by Crippen LogP contribution is -2.57. The van der Waals surface area contributed by atoms with Crippen LogP contribution in [0.1, 0.15) is 225 Å². The van der Waals surface area contributed by atoms with Gasteiger partial charge in [0.2, 0.25) is 0 Å². The molecule has 7 N–H and O–H groups in total. The number of Topliss-reactive ketones (excluding diaryl/α,β-unsaturated/α-hetero) is 2. The molecule has 652 valence electrons. The average Bonchev–Trinajstić information content (AvgIpc) is 1.60. The molecule has 0 saturated carbocycles. The lowest BCUT2D eigenvalue weighted by atomic mass is 9.74. The third-order valence-electron chi connectivity index (χ3n) is 24.7. The summed E-state index contributed by atoms with van der Waals surface area (Å²) in [7, 11) is 7.73. The summed E-state index contributed by atoms with van der Waals surface area (Å²) in [6, 6.07) is 0. The Hall–Kier alpha value is -4.52. The van der Waals surface area contributed by atoms with Gasteiger partial charge in [-0.25, -0.2) is 0 Å². The fourth-order valence-electron chi connectivity index (χ4n) is 17.0. The summed E-state index contributed by atoms with van der Waals surface area (Å²) in [5.41, 5.74) is -6.98. The van der Waals surface area contributed by atoms with Crippen molar-refractivity contribution in [1.29, 1.82) is 0 Å². The molecule has 112 heavy (non-hydrogen) atoms. The monoisotopic (exact) mass is 1600 g/mol. The minimum absolute atomic E-state index is 0.00240. The van der Waals surface area contributed by atoms with Crippen LogP contribution in [-0.2, 0) is 90.5 Å². The molecule has 26 heteroatoms. The van der Waals surface area contributed by atoms with E-state index in [1.54, 1.807) is 104 Å². The Labute approximate surface area is 670 Å². The van der Waals surface area contributed by atoms with Crippen LogP contribution in [0.5, 0.6) is 0 Å². The van der Waals surface area contributed by atoms with Crippen LogP contribution in [0.2, 0.25) is 0 Å². The Morgan fingerprint density at radius 2 is 0.839 bits per heavy atom. The zero-order valence-electron chi connectivity index (χ0n) is 74.1. The fraction of sp³-hybridized carbons (Fsp3) is 0.860. The van der Waals surface area contributed by atoms with Crippen LogP contribution in [0.15, 0.2) is 24.3 Å². The molecule has 3 saturated heterocycles. The van der Waals surface area contributed by atoms with Gasteiger partial charge in [-0.05, 0) is 157 Å². The van der Waals surface area contributed by atoms with E-state index in [9.17, 15) is 74.1 Å². The number of rotatable bonds is 9. The van der Waals surface area contributed by atoms with Crippen LogP contribution in [0, 0.1) is 94.7 Å². The van der Waals surface area contributed by atoms with E-state index in [0.717, 1.165) is 0 Å². The minimum Gasteiger partial charge on any atom is -0.462 e. The first-order chi connectivity index (χ1) is 51.7. The summed E-state index contributed by atoms with van der Waals surface area (Å²) in [6.45, 7) is 48.5. The molecule has 5 aliphatic rings. The highest BCUT2D eigenvalue weighted by atomic mass is 16.6. The number of hydrogen-bond acceptors (Lipinski definition) is 26. The largest absolute Gasteiger partial charge is 0.462 e. The molecule has 0 radical (unpaired) electrons. The molecule has 0 bridgehead atoms. The second-order valence-electron chi connectivity index (χ2n) is 33.9. The Balaban J connectivity index is 0.000000744. The number of carbonyl (C=O) groups excluding carboxylic acids is 8. The smallest absolute Gasteiger partial charge is 0.311 e. The highest BCUT2D eigenvalue weighted by molar-refractivity contribution is 5.93. The quantitative estimate of drug-likeness (QED) is 0.0641. The molecule has 0 amide bonds. The van der Waals surface area contributed by atoms with E-state index in [2.05, 4.69) is 0 Å². The summed E-state index contributed by atoms with van der Waals surface area (Å²) in [5, 5.41) is 75.7. The normalized spacial score (nSPS) is 44.3. The fourth-order valence-corrected chi connectivity index (χ4v) is 17.0. The Morgan fingerprint density at radius 1 is 0.438 bits per heavy atom. The highest BCUT2D eigenvalue weighted by Crippen LogP contribution is 2.43. The number of cyclic esters (lactones) is 4. The average molecular weight is 1600 g/mol. The highest BCUT2D eigenvalue weighted by Gasteiger charge is 2.57. The number of epoxide rings is 1. The molecule has 0 aromatic carbocycles. The lowest BCUT2D eigenvalue weighted by Gasteiger charge is -2.43. The van der Waals surface area contributed by atoms with Gasteiger partial charge in [0, 0.05) is 95.4 Å². The zero-order valence-corrected chi connectivity index (χ0v) is 74.1. The molecular formula is C86H152O26.